The van der Waals surface area contributed by atoms with Gasteiger partial charge in [-0.2, -0.15) is 0 Å². The summed E-state index contributed by atoms with van der Waals surface area (Å²) in [6, 6.07) is 12.1. The van der Waals surface area contributed by atoms with Gasteiger partial charge < -0.3 is 10.1 Å². The molecule has 3 heteroatoms. The molecule has 1 aromatic carbocycles. The van der Waals surface area contributed by atoms with Gasteiger partial charge in [-0.15, -0.1) is 0 Å². The standard InChI is InChI=1S/C16H20N2O/c1-3-9-17-14-8-10-18-15(11-14)12-19-16-6-4-13(2)5-7-16/h4-8,10-11H,3,9,12H2,1-2H3,(H,17,18). The highest BCUT2D eigenvalue weighted by Gasteiger charge is 1.99. The molecule has 0 fully saturated rings. The first-order chi connectivity index (χ1) is 9.28. The van der Waals surface area contributed by atoms with E-state index in [1.54, 1.807) is 0 Å². The average Bonchev–Trinajstić information content (AvgIpc) is 2.45. The Balaban J connectivity index is 1.93. The van der Waals surface area contributed by atoms with Crippen LogP contribution in [-0.4, -0.2) is 11.5 Å². The molecule has 1 heterocycles. The van der Waals surface area contributed by atoms with E-state index >= 15 is 0 Å². The van der Waals surface area contributed by atoms with Crippen LogP contribution < -0.4 is 10.1 Å². The zero-order valence-corrected chi connectivity index (χ0v) is 11.5. The number of rotatable bonds is 6. The summed E-state index contributed by atoms with van der Waals surface area (Å²) in [5, 5.41) is 3.34. The Morgan fingerprint density at radius 1 is 1.16 bits per heavy atom. The minimum Gasteiger partial charge on any atom is -0.487 e. The van der Waals surface area contributed by atoms with E-state index < -0.39 is 0 Å². The molecule has 0 aliphatic heterocycles. The molecule has 0 saturated heterocycles. The highest BCUT2D eigenvalue weighted by Crippen LogP contribution is 2.14. The fourth-order valence-corrected chi connectivity index (χ4v) is 1.73. The first-order valence-electron chi connectivity index (χ1n) is 6.66. The molecule has 0 aliphatic carbocycles. The molecular weight excluding hydrogens is 236 g/mol. The molecule has 3 nitrogen and oxygen atoms in total. The lowest BCUT2D eigenvalue weighted by atomic mass is 10.2. The summed E-state index contributed by atoms with van der Waals surface area (Å²) in [5.41, 5.74) is 3.26. The van der Waals surface area contributed by atoms with Crippen LogP contribution in [0.4, 0.5) is 5.69 Å². The molecule has 0 saturated carbocycles. The fourth-order valence-electron chi connectivity index (χ4n) is 1.73. The third-order valence-electron chi connectivity index (χ3n) is 2.80. The van der Waals surface area contributed by atoms with Gasteiger partial charge in [-0.05, 0) is 37.6 Å². The second kappa shape index (κ2) is 6.78. The quantitative estimate of drug-likeness (QED) is 0.853. The van der Waals surface area contributed by atoms with Crippen LogP contribution in [0.2, 0.25) is 0 Å². The molecule has 0 bridgehead atoms. The monoisotopic (exact) mass is 256 g/mol. The highest BCUT2D eigenvalue weighted by atomic mass is 16.5. The third kappa shape index (κ3) is 4.28. The van der Waals surface area contributed by atoms with E-state index in [-0.39, 0.29) is 0 Å². The van der Waals surface area contributed by atoms with E-state index in [0.717, 1.165) is 30.1 Å². The predicted octanol–water partition coefficient (Wildman–Crippen LogP) is 3.79. The van der Waals surface area contributed by atoms with Gasteiger partial charge in [-0.3, -0.25) is 4.98 Å². The fraction of sp³-hybridized carbons (Fsp3) is 0.312. The van der Waals surface area contributed by atoms with E-state index in [1.807, 2.05) is 42.6 Å². The van der Waals surface area contributed by atoms with Crippen molar-refractivity contribution in [2.75, 3.05) is 11.9 Å². The van der Waals surface area contributed by atoms with Crippen LogP contribution in [0.3, 0.4) is 0 Å². The van der Waals surface area contributed by atoms with Crippen LogP contribution in [0.25, 0.3) is 0 Å². The van der Waals surface area contributed by atoms with Crippen LogP contribution >= 0.6 is 0 Å². The Morgan fingerprint density at radius 2 is 1.95 bits per heavy atom. The van der Waals surface area contributed by atoms with E-state index in [1.165, 1.54) is 5.56 Å². The molecule has 0 unspecified atom stereocenters. The van der Waals surface area contributed by atoms with Crippen LogP contribution in [0.5, 0.6) is 5.75 Å². The molecule has 0 amide bonds. The van der Waals surface area contributed by atoms with Gasteiger partial charge in [0.05, 0.1) is 5.69 Å². The van der Waals surface area contributed by atoms with Gasteiger partial charge >= 0.3 is 0 Å². The van der Waals surface area contributed by atoms with Crippen molar-refractivity contribution in [1.29, 1.82) is 0 Å². The van der Waals surface area contributed by atoms with Gasteiger partial charge in [0.15, 0.2) is 0 Å². The number of aromatic nitrogens is 1. The number of pyridine rings is 1. The molecule has 1 aromatic heterocycles. The number of hydrogen-bond acceptors (Lipinski definition) is 3. The summed E-state index contributed by atoms with van der Waals surface area (Å²) < 4.78 is 5.72. The van der Waals surface area contributed by atoms with Crippen LogP contribution in [0, 0.1) is 6.92 Å². The summed E-state index contributed by atoms with van der Waals surface area (Å²) in [7, 11) is 0. The molecule has 2 aromatic rings. The van der Waals surface area contributed by atoms with E-state index in [4.69, 9.17) is 4.74 Å². The minimum absolute atomic E-state index is 0.491. The van der Waals surface area contributed by atoms with E-state index in [2.05, 4.69) is 24.1 Å². The third-order valence-corrected chi connectivity index (χ3v) is 2.80. The summed E-state index contributed by atoms with van der Waals surface area (Å²) in [6.45, 7) is 5.68. The van der Waals surface area contributed by atoms with Gasteiger partial charge in [0.2, 0.25) is 0 Å². The SMILES string of the molecule is CCCNc1ccnc(COc2ccc(C)cc2)c1. The Bertz CT molecular complexity index is 508. The molecule has 0 radical (unpaired) electrons. The Labute approximate surface area is 114 Å². The second-order valence-corrected chi connectivity index (χ2v) is 4.56. The maximum atomic E-state index is 5.72. The first-order valence-corrected chi connectivity index (χ1v) is 6.66. The van der Waals surface area contributed by atoms with Crippen molar-refractivity contribution in [2.24, 2.45) is 0 Å². The number of ether oxygens (including phenoxy) is 1. The Kier molecular flexibility index (Phi) is 4.78. The number of aryl methyl sites for hydroxylation is 1. The molecule has 1 N–H and O–H groups in total. The van der Waals surface area contributed by atoms with Gasteiger partial charge in [-0.25, -0.2) is 0 Å². The molecule has 19 heavy (non-hydrogen) atoms. The van der Waals surface area contributed by atoms with Gasteiger partial charge in [0.1, 0.15) is 12.4 Å². The van der Waals surface area contributed by atoms with E-state index in [9.17, 15) is 0 Å². The smallest absolute Gasteiger partial charge is 0.130 e. The maximum Gasteiger partial charge on any atom is 0.130 e. The predicted molar refractivity (Wildman–Crippen MR) is 78.5 cm³/mol. The van der Waals surface area contributed by atoms with Crippen molar-refractivity contribution in [2.45, 2.75) is 26.9 Å². The molecule has 100 valence electrons. The summed E-state index contributed by atoms with van der Waals surface area (Å²) in [5.74, 6) is 0.874. The lowest BCUT2D eigenvalue weighted by Crippen LogP contribution is -2.03. The van der Waals surface area contributed by atoms with Gasteiger partial charge in [0.25, 0.3) is 0 Å². The zero-order valence-electron chi connectivity index (χ0n) is 11.5. The van der Waals surface area contributed by atoms with Crippen molar-refractivity contribution in [1.82, 2.24) is 4.98 Å². The second-order valence-electron chi connectivity index (χ2n) is 4.56. The van der Waals surface area contributed by atoms with Gasteiger partial charge in [-0.1, -0.05) is 24.6 Å². The van der Waals surface area contributed by atoms with Crippen LogP contribution in [0.1, 0.15) is 24.6 Å². The largest absolute Gasteiger partial charge is 0.487 e. The maximum absolute atomic E-state index is 5.72. The number of hydrogen-bond donors (Lipinski definition) is 1. The Hall–Kier alpha value is -2.03. The molecule has 0 atom stereocenters. The average molecular weight is 256 g/mol. The highest BCUT2D eigenvalue weighted by molar-refractivity contribution is 5.43. The number of anilines is 1. The lowest BCUT2D eigenvalue weighted by Gasteiger charge is -2.08. The minimum atomic E-state index is 0.491. The number of nitrogens with one attached hydrogen (secondary N) is 1. The summed E-state index contributed by atoms with van der Waals surface area (Å²) >= 11 is 0. The van der Waals surface area contributed by atoms with Crippen LogP contribution in [0.15, 0.2) is 42.6 Å². The van der Waals surface area contributed by atoms with Gasteiger partial charge in [0, 0.05) is 18.4 Å². The van der Waals surface area contributed by atoms with Crippen molar-refractivity contribution in [3.63, 3.8) is 0 Å². The molecule has 0 spiro atoms. The van der Waals surface area contributed by atoms with Crippen molar-refractivity contribution in [3.05, 3.63) is 53.9 Å². The first kappa shape index (κ1) is 13.4. The van der Waals surface area contributed by atoms with Crippen LogP contribution in [-0.2, 0) is 6.61 Å². The van der Waals surface area contributed by atoms with E-state index in [0.29, 0.717) is 6.61 Å². The zero-order chi connectivity index (χ0) is 13.5. The normalized spacial score (nSPS) is 10.2. The summed E-state index contributed by atoms with van der Waals surface area (Å²) in [6.07, 6.45) is 2.92. The lowest BCUT2D eigenvalue weighted by molar-refractivity contribution is 0.301. The Morgan fingerprint density at radius 3 is 2.68 bits per heavy atom. The number of benzene rings is 1. The summed E-state index contributed by atoms with van der Waals surface area (Å²) in [4.78, 5) is 4.32. The number of nitrogens with zero attached hydrogens (tertiary/aromatic N) is 1. The molecular formula is C16H20N2O. The van der Waals surface area contributed by atoms with Crippen molar-refractivity contribution in [3.8, 4) is 5.75 Å². The molecule has 2 rings (SSSR count). The topological polar surface area (TPSA) is 34.2 Å². The van der Waals surface area contributed by atoms with Crippen molar-refractivity contribution < 1.29 is 4.74 Å². The van der Waals surface area contributed by atoms with Crippen molar-refractivity contribution >= 4 is 5.69 Å². The molecule has 0 aliphatic rings.